The van der Waals surface area contributed by atoms with Crippen LogP contribution in [-0.2, 0) is 16.4 Å². The second-order valence-corrected chi connectivity index (χ2v) is 8.25. The lowest BCUT2D eigenvalue weighted by molar-refractivity contribution is 0.0954. The first kappa shape index (κ1) is 18.4. The number of amides is 1. The van der Waals surface area contributed by atoms with Gasteiger partial charge in [0.1, 0.15) is 0 Å². The first-order chi connectivity index (χ1) is 12.4. The number of benzene rings is 2. The Hall–Kier alpha value is -2.38. The SMILES string of the molecule is CNS(=O)(=O)c1cccc(C(=O)NCCN2c3ccccc3CC2C)c1. The number of nitrogens with one attached hydrogen (secondary N) is 2. The van der Waals surface area contributed by atoms with Gasteiger partial charge in [-0.1, -0.05) is 24.3 Å². The summed E-state index contributed by atoms with van der Waals surface area (Å²) in [6.07, 6.45) is 1.01. The third kappa shape index (κ3) is 3.73. The van der Waals surface area contributed by atoms with Crippen molar-refractivity contribution in [2.75, 3.05) is 25.0 Å². The van der Waals surface area contributed by atoms with Crippen LogP contribution in [0.3, 0.4) is 0 Å². The summed E-state index contributed by atoms with van der Waals surface area (Å²) in [6, 6.07) is 14.7. The van der Waals surface area contributed by atoms with Crippen LogP contribution in [0.4, 0.5) is 5.69 Å². The van der Waals surface area contributed by atoms with Crippen molar-refractivity contribution in [3.63, 3.8) is 0 Å². The standard InChI is InChI=1S/C19H23N3O3S/c1-14-12-15-6-3-4-9-18(15)22(14)11-10-21-19(23)16-7-5-8-17(13-16)26(24,25)20-2/h3-9,13-14,20H,10-12H2,1-2H3,(H,21,23). The van der Waals surface area contributed by atoms with Crippen LogP contribution in [-0.4, -0.2) is 40.5 Å². The summed E-state index contributed by atoms with van der Waals surface area (Å²) in [5, 5.41) is 2.88. The molecule has 0 fully saturated rings. The molecule has 2 aromatic carbocycles. The minimum absolute atomic E-state index is 0.0785. The van der Waals surface area contributed by atoms with E-state index in [9.17, 15) is 13.2 Å². The van der Waals surface area contributed by atoms with Crippen LogP contribution in [0.1, 0.15) is 22.8 Å². The van der Waals surface area contributed by atoms with Crippen molar-refractivity contribution in [2.45, 2.75) is 24.3 Å². The van der Waals surface area contributed by atoms with E-state index in [2.05, 4.69) is 34.0 Å². The molecule has 138 valence electrons. The molecular weight excluding hydrogens is 350 g/mol. The molecular formula is C19H23N3O3S. The predicted molar refractivity (Wildman–Crippen MR) is 102 cm³/mol. The maximum atomic E-state index is 12.4. The average molecular weight is 373 g/mol. The number of para-hydroxylation sites is 1. The van der Waals surface area contributed by atoms with Crippen LogP contribution in [0.5, 0.6) is 0 Å². The topological polar surface area (TPSA) is 78.5 Å². The van der Waals surface area contributed by atoms with Crippen LogP contribution in [0, 0.1) is 0 Å². The number of sulfonamides is 1. The highest BCUT2D eigenvalue weighted by Gasteiger charge is 2.25. The molecule has 0 saturated carbocycles. The molecule has 0 saturated heterocycles. The summed E-state index contributed by atoms with van der Waals surface area (Å²) in [6.45, 7) is 3.37. The van der Waals surface area contributed by atoms with E-state index < -0.39 is 10.0 Å². The molecule has 0 radical (unpaired) electrons. The van der Waals surface area contributed by atoms with Crippen LogP contribution >= 0.6 is 0 Å². The maximum absolute atomic E-state index is 12.4. The van der Waals surface area contributed by atoms with Gasteiger partial charge in [0.25, 0.3) is 5.91 Å². The Morgan fingerprint density at radius 1 is 1.19 bits per heavy atom. The third-order valence-electron chi connectivity index (χ3n) is 4.66. The first-order valence-corrected chi connectivity index (χ1v) is 10.1. The van der Waals surface area contributed by atoms with Crippen LogP contribution in [0.2, 0.25) is 0 Å². The summed E-state index contributed by atoms with van der Waals surface area (Å²) >= 11 is 0. The average Bonchev–Trinajstić information content (AvgIpc) is 2.97. The number of hydrogen-bond donors (Lipinski definition) is 2. The number of rotatable bonds is 6. The largest absolute Gasteiger partial charge is 0.367 e. The van der Waals surface area contributed by atoms with Gasteiger partial charge in [-0.3, -0.25) is 4.79 Å². The van der Waals surface area contributed by atoms with Crippen molar-refractivity contribution < 1.29 is 13.2 Å². The molecule has 1 aliphatic rings. The summed E-state index contributed by atoms with van der Waals surface area (Å²) in [5.74, 6) is -0.279. The van der Waals surface area contributed by atoms with Crippen molar-refractivity contribution in [2.24, 2.45) is 0 Å². The molecule has 6 nitrogen and oxygen atoms in total. The molecule has 1 unspecified atom stereocenters. The summed E-state index contributed by atoms with van der Waals surface area (Å²) in [4.78, 5) is 14.7. The van der Waals surface area contributed by atoms with Gasteiger partial charge in [0.15, 0.2) is 0 Å². The fourth-order valence-corrected chi connectivity index (χ4v) is 4.06. The molecule has 0 spiro atoms. The molecule has 3 rings (SSSR count). The first-order valence-electron chi connectivity index (χ1n) is 8.59. The Bertz CT molecular complexity index is 912. The fraction of sp³-hybridized carbons (Fsp3) is 0.316. The summed E-state index contributed by atoms with van der Waals surface area (Å²) in [7, 11) is -2.22. The lowest BCUT2D eigenvalue weighted by Crippen LogP contribution is -2.37. The van der Waals surface area contributed by atoms with Crippen molar-refractivity contribution in [1.82, 2.24) is 10.0 Å². The third-order valence-corrected chi connectivity index (χ3v) is 6.07. The Morgan fingerprint density at radius 2 is 1.96 bits per heavy atom. The highest BCUT2D eigenvalue weighted by atomic mass is 32.2. The van der Waals surface area contributed by atoms with Gasteiger partial charge in [0.05, 0.1) is 4.90 Å². The van der Waals surface area contributed by atoms with E-state index in [1.165, 1.54) is 30.4 Å². The number of carbonyl (C=O) groups is 1. The van der Waals surface area contributed by atoms with Gasteiger partial charge < -0.3 is 10.2 Å². The Kier molecular flexibility index (Phi) is 5.29. The molecule has 0 aliphatic carbocycles. The van der Waals surface area contributed by atoms with Gasteiger partial charge in [-0.2, -0.15) is 0 Å². The number of anilines is 1. The smallest absolute Gasteiger partial charge is 0.251 e. The van der Waals surface area contributed by atoms with E-state index in [0.717, 1.165) is 6.42 Å². The van der Waals surface area contributed by atoms with E-state index in [-0.39, 0.29) is 10.8 Å². The van der Waals surface area contributed by atoms with Crippen molar-refractivity contribution >= 4 is 21.6 Å². The molecule has 1 atom stereocenters. The van der Waals surface area contributed by atoms with Gasteiger partial charge in [0, 0.05) is 30.4 Å². The molecule has 1 amide bonds. The molecule has 7 heteroatoms. The monoisotopic (exact) mass is 373 g/mol. The molecule has 0 aromatic heterocycles. The van der Waals surface area contributed by atoms with Gasteiger partial charge in [-0.05, 0) is 50.2 Å². The van der Waals surface area contributed by atoms with Crippen molar-refractivity contribution in [3.05, 3.63) is 59.7 Å². The minimum Gasteiger partial charge on any atom is -0.367 e. The van der Waals surface area contributed by atoms with Crippen LogP contribution in [0.25, 0.3) is 0 Å². The molecule has 26 heavy (non-hydrogen) atoms. The van der Waals surface area contributed by atoms with E-state index >= 15 is 0 Å². The van der Waals surface area contributed by atoms with Crippen LogP contribution in [0.15, 0.2) is 53.4 Å². The second-order valence-electron chi connectivity index (χ2n) is 6.37. The van der Waals surface area contributed by atoms with E-state index in [4.69, 9.17) is 0 Å². The summed E-state index contributed by atoms with van der Waals surface area (Å²) < 4.78 is 26.0. The zero-order valence-electron chi connectivity index (χ0n) is 14.9. The molecule has 1 aliphatic heterocycles. The zero-order valence-corrected chi connectivity index (χ0v) is 15.7. The quantitative estimate of drug-likeness (QED) is 0.809. The van der Waals surface area contributed by atoms with Crippen molar-refractivity contribution in [1.29, 1.82) is 0 Å². The number of hydrogen-bond acceptors (Lipinski definition) is 4. The van der Waals surface area contributed by atoms with E-state index in [0.29, 0.717) is 24.7 Å². The number of carbonyl (C=O) groups excluding carboxylic acids is 1. The summed E-state index contributed by atoms with van der Waals surface area (Å²) in [5.41, 5.74) is 2.88. The lowest BCUT2D eigenvalue weighted by Gasteiger charge is -2.25. The molecule has 2 aromatic rings. The number of fused-ring (bicyclic) bond motifs is 1. The number of nitrogens with zero attached hydrogens (tertiary/aromatic N) is 1. The van der Waals surface area contributed by atoms with Gasteiger partial charge in [-0.25, -0.2) is 13.1 Å². The Morgan fingerprint density at radius 3 is 2.73 bits per heavy atom. The molecule has 0 bridgehead atoms. The normalized spacial score (nSPS) is 16.4. The lowest BCUT2D eigenvalue weighted by atomic mass is 10.1. The second kappa shape index (κ2) is 7.47. The van der Waals surface area contributed by atoms with Gasteiger partial charge in [0.2, 0.25) is 10.0 Å². The van der Waals surface area contributed by atoms with Gasteiger partial charge in [-0.15, -0.1) is 0 Å². The Balaban J connectivity index is 1.63. The fourth-order valence-electron chi connectivity index (χ4n) is 3.28. The minimum atomic E-state index is -3.57. The highest BCUT2D eigenvalue weighted by Crippen LogP contribution is 2.31. The maximum Gasteiger partial charge on any atom is 0.251 e. The Labute approximate surface area is 154 Å². The van der Waals surface area contributed by atoms with E-state index in [1.807, 2.05) is 12.1 Å². The molecule has 1 heterocycles. The molecule has 2 N–H and O–H groups in total. The van der Waals surface area contributed by atoms with E-state index in [1.54, 1.807) is 12.1 Å². The van der Waals surface area contributed by atoms with Crippen LogP contribution < -0.4 is 14.9 Å². The van der Waals surface area contributed by atoms with Crippen molar-refractivity contribution in [3.8, 4) is 0 Å². The van der Waals surface area contributed by atoms with Gasteiger partial charge >= 0.3 is 0 Å². The zero-order chi connectivity index (χ0) is 18.7. The highest BCUT2D eigenvalue weighted by molar-refractivity contribution is 7.89. The predicted octanol–water partition coefficient (Wildman–Crippen LogP) is 1.78.